The summed E-state index contributed by atoms with van der Waals surface area (Å²) in [4.78, 5) is 12.6. The number of nitrogens with one attached hydrogen (secondary N) is 1. The molecule has 0 saturated carbocycles. The van der Waals surface area contributed by atoms with Crippen molar-refractivity contribution in [2.45, 2.75) is 46.3 Å². The number of ether oxygens (including phenoxy) is 2. The minimum Gasteiger partial charge on any atom is -0.489 e. The van der Waals surface area contributed by atoms with Crippen LogP contribution < -0.4 is 10.1 Å². The average molecular weight is 355 g/mol. The molecule has 0 radical (unpaired) electrons. The van der Waals surface area contributed by atoms with Crippen LogP contribution in [0, 0.1) is 12.8 Å². The van der Waals surface area contributed by atoms with Crippen LogP contribution in [0.25, 0.3) is 0 Å². The van der Waals surface area contributed by atoms with Crippen molar-refractivity contribution < 1.29 is 14.3 Å². The van der Waals surface area contributed by atoms with Gasteiger partial charge in [-0.1, -0.05) is 44.2 Å². The number of anilines is 1. The molecule has 4 nitrogen and oxygen atoms in total. The van der Waals surface area contributed by atoms with E-state index >= 15 is 0 Å². The van der Waals surface area contributed by atoms with Gasteiger partial charge in [-0.15, -0.1) is 0 Å². The van der Waals surface area contributed by atoms with Crippen molar-refractivity contribution in [3.63, 3.8) is 0 Å². The largest absolute Gasteiger partial charge is 0.489 e. The van der Waals surface area contributed by atoms with Crippen molar-refractivity contribution in [1.82, 2.24) is 0 Å². The third-order valence-electron chi connectivity index (χ3n) is 4.40. The fourth-order valence-electron chi connectivity index (χ4n) is 2.94. The summed E-state index contributed by atoms with van der Waals surface area (Å²) in [7, 11) is 1.58. The monoisotopic (exact) mass is 355 g/mol. The predicted octanol–water partition coefficient (Wildman–Crippen LogP) is 4.96. The summed E-state index contributed by atoms with van der Waals surface area (Å²) in [6, 6.07) is 15.7. The zero-order chi connectivity index (χ0) is 19.2. The molecule has 140 valence electrons. The maximum absolute atomic E-state index is 12.6. The molecule has 4 heteroatoms. The van der Waals surface area contributed by atoms with Crippen LogP contribution in [-0.2, 0) is 16.1 Å². The molecule has 0 spiro atoms. The number of hydrogen-bond donors (Lipinski definition) is 1. The van der Waals surface area contributed by atoms with E-state index in [-0.39, 0.29) is 5.91 Å². The molecule has 0 fully saturated rings. The molecule has 2 aromatic carbocycles. The lowest BCUT2D eigenvalue weighted by Crippen LogP contribution is -2.43. The number of carbonyl (C=O) groups is 1. The van der Waals surface area contributed by atoms with E-state index in [4.69, 9.17) is 9.47 Å². The Morgan fingerprint density at radius 2 is 1.85 bits per heavy atom. The molecule has 1 atom stereocenters. The lowest BCUT2D eigenvalue weighted by Gasteiger charge is -2.28. The van der Waals surface area contributed by atoms with Gasteiger partial charge in [0.05, 0.1) is 0 Å². The van der Waals surface area contributed by atoms with E-state index < -0.39 is 5.60 Å². The van der Waals surface area contributed by atoms with Crippen molar-refractivity contribution in [2.24, 2.45) is 5.92 Å². The Morgan fingerprint density at radius 1 is 1.15 bits per heavy atom. The van der Waals surface area contributed by atoms with E-state index in [0.29, 0.717) is 18.9 Å². The van der Waals surface area contributed by atoms with Crippen LogP contribution in [0.15, 0.2) is 48.5 Å². The highest BCUT2D eigenvalue weighted by atomic mass is 16.5. The Bertz CT molecular complexity index is 727. The summed E-state index contributed by atoms with van der Waals surface area (Å²) in [5, 5.41) is 2.96. The molecule has 2 rings (SSSR count). The average Bonchev–Trinajstić information content (AvgIpc) is 2.61. The summed E-state index contributed by atoms with van der Waals surface area (Å²) in [5.41, 5.74) is 1.99. The molecule has 26 heavy (non-hydrogen) atoms. The summed E-state index contributed by atoms with van der Waals surface area (Å²) < 4.78 is 11.4. The van der Waals surface area contributed by atoms with Crippen molar-refractivity contribution >= 4 is 11.6 Å². The zero-order valence-electron chi connectivity index (χ0n) is 16.3. The Hall–Kier alpha value is -2.33. The van der Waals surface area contributed by atoms with Crippen LogP contribution in [0.2, 0.25) is 0 Å². The van der Waals surface area contributed by atoms with Gasteiger partial charge in [0.25, 0.3) is 5.91 Å². The van der Waals surface area contributed by atoms with Gasteiger partial charge in [0.2, 0.25) is 0 Å². The molecular weight excluding hydrogens is 326 g/mol. The fraction of sp³-hybridized carbons (Fsp3) is 0.409. The first-order chi connectivity index (χ1) is 12.3. The van der Waals surface area contributed by atoms with Gasteiger partial charge in [-0.05, 0) is 55.5 Å². The van der Waals surface area contributed by atoms with Crippen LogP contribution >= 0.6 is 0 Å². The van der Waals surface area contributed by atoms with Crippen molar-refractivity contribution in [3.05, 3.63) is 59.7 Å². The molecule has 0 saturated heterocycles. The molecule has 0 bridgehead atoms. The zero-order valence-corrected chi connectivity index (χ0v) is 16.3. The third kappa shape index (κ3) is 5.33. The van der Waals surface area contributed by atoms with Gasteiger partial charge in [0, 0.05) is 12.8 Å². The first-order valence-electron chi connectivity index (χ1n) is 8.98. The molecular formula is C22H29NO3. The number of methoxy groups -OCH3 is 1. The molecule has 1 amide bonds. The van der Waals surface area contributed by atoms with Crippen LogP contribution in [0.5, 0.6) is 5.75 Å². The number of carbonyl (C=O) groups excluding carboxylic acids is 1. The highest BCUT2D eigenvalue weighted by Crippen LogP contribution is 2.26. The van der Waals surface area contributed by atoms with E-state index in [1.165, 1.54) is 0 Å². The van der Waals surface area contributed by atoms with Gasteiger partial charge >= 0.3 is 0 Å². The Kier molecular flexibility index (Phi) is 6.81. The van der Waals surface area contributed by atoms with Gasteiger partial charge in [-0.25, -0.2) is 0 Å². The minimum absolute atomic E-state index is 0.133. The fourth-order valence-corrected chi connectivity index (χ4v) is 2.94. The SMILES string of the molecule is CO[C@@](C)(CC(C)C)C(=O)Nc1ccc(OCc2ccccc2)c(C)c1. The van der Waals surface area contributed by atoms with Gasteiger partial charge in [0.1, 0.15) is 18.0 Å². The Morgan fingerprint density at radius 3 is 2.42 bits per heavy atom. The first kappa shape index (κ1) is 20.0. The maximum atomic E-state index is 12.6. The second-order valence-corrected chi connectivity index (χ2v) is 7.24. The first-order valence-corrected chi connectivity index (χ1v) is 8.98. The van der Waals surface area contributed by atoms with E-state index in [1.54, 1.807) is 7.11 Å². The highest BCUT2D eigenvalue weighted by molar-refractivity contribution is 5.97. The Balaban J connectivity index is 2.03. The maximum Gasteiger partial charge on any atom is 0.256 e. The molecule has 2 aromatic rings. The molecule has 0 aliphatic rings. The number of rotatable bonds is 8. The number of hydrogen-bond acceptors (Lipinski definition) is 3. The minimum atomic E-state index is -0.843. The van der Waals surface area contributed by atoms with E-state index in [2.05, 4.69) is 19.2 Å². The van der Waals surface area contributed by atoms with Gasteiger partial charge < -0.3 is 14.8 Å². The standard InChI is InChI=1S/C22H29NO3/c1-16(2)14-22(4,25-5)21(24)23-19-11-12-20(17(3)13-19)26-15-18-9-7-6-8-10-18/h6-13,16H,14-15H2,1-5H3,(H,23,24)/t22-/m0/s1. The molecule has 0 aliphatic heterocycles. The third-order valence-corrected chi connectivity index (χ3v) is 4.40. The summed E-state index contributed by atoms with van der Waals surface area (Å²) in [6.45, 7) is 8.47. The van der Waals surface area contributed by atoms with Gasteiger partial charge in [-0.2, -0.15) is 0 Å². The van der Waals surface area contributed by atoms with Crippen LogP contribution in [0.3, 0.4) is 0 Å². The molecule has 0 aliphatic carbocycles. The van der Waals surface area contributed by atoms with E-state index in [9.17, 15) is 4.79 Å². The topological polar surface area (TPSA) is 47.6 Å². The normalized spacial score (nSPS) is 13.3. The Labute approximate surface area is 156 Å². The van der Waals surface area contributed by atoms with Crippen LogP contribution in [0.4, 0.5) is 5.69 Å². The van der Waals surface area contributed by atoms with Crippen molar-refractivity contribution in [3.8, 4) is 5.75 Å². The quantitative estimate of drug-likeness (QED) is 0.728. The van der Waals surface area contributed by atoms with Crippen molar-refractivity contribution in [1.29, 1.82) is 0 Å². The predicted molar refractivity (Wildman–Crippen MR) is 105 cm³/mol. The molecule has 0 unspecified atom stereocenters. The number of amides is 1. The number of benzene rings is 2. The summed E-state index contributed by atoms with van der Waals surface area (Å²) >= 11 is 0. The van der Waals surface area contributed by atoms with Crippen LogP contribution in [0.1, 0.15) is 38.3 Å². The second-order valence-electron chi connectivity index (χ2n) is 7.24. The van der Waals surface area contributed by atoms with Crippen molar-refractivity contribution in [2.75, 3.05) is 12.4 Å². The smallest absolute Gasteiger partial charge is 0.256 e. The number of aryl methyl sites for hydroxylation is 1. The van der Waals surface area contributed by atoms with Gasteiger partial charge in [0.15, 0.2) is 0 Å². The second kappa shape index (κ2) is 8.86. The molecule has 0 heterocycles. The van der Waals surface area contributed by atoms with Crippen LogP contribution in [-0.4, -0.2) is 18.6 Å². The lowest BCUT2D eigenvalue weighted by atomic mass is 9.93. The highest BCUT2D eigenvalue weighted by Gasteiger charge is 2.33. The summed E-state index contributed by atoms with van der Waals surface area (Å²) in [6.07, 6.45) is 0.659. The molecule has 1 N–H and O–H groups in total. The lowest BCUT2D eigenvalue weighted by molar-refractivity contribution is -0.137. The van der Waals surface area contributed by atoms with Gasteiger partial charge in [-0.3, -0.25) is 4.79 Å². The molecule has 0 aromatic heterocycles. The van der Waals surface area contributed by atoms with E-state index in [0.717, 1.165) is 22.6 Å². The summed E-state index contributed by atoms with van der Waals surface area (Å²) in [5.74, 6) is 1.04. The van der Waals surface area contributed by atoms with E-state index in [1.807, 2.05) is 62.4 Å².